The number of carbonyl (C=O) groups is 3. The highest BCUT2D eigenvalue weighted by molar-refractivity contribution is 6.75. The molecule has 0 spiro atoms. The van der Waals surface area contributed by atoms with Crippen LogP contribution in [0.1, 0.15) is 31.1 Å². The van der Waals surface area contributed by atoms with E-state index < -0.39 is 49.0 Å². The molecular formula is C17H19F6NO4Si. The highest BCUT2D eigenvalue weighted by Crippen LogP contribution is 2.37. The van der Waals surface area contributed by atoms with Crippen molar-refractivity contribution in [3.05, 3.63) is 29.8 Å². The number of anilines is 1. The summed E-state index contributed by atoms with van der Waals surface area (Å²) in [6, 6.07) is 3.03. The number of nitrogens with zero attached hydrogens (tertiary/aromatic N) is 1. The van der Waals surface area contributed by atoms with Crippen LogP contribution in [0.15, 0.2) is 24.3 Å². The number of benzene rings is 1. The third-order valence-corrected chi connectivity index (χ3v) is 8.71. The second kappa shape index (κ2) is 7.80. The van der Waals surface area contributed by atoms with Gasteiger partial charge < -0.3 is 4.43 Å². The van der Waals surface area contributed by atoms with Gasteiger partial charge in [0.2, 0.25) is 0 Å². The minimum Gasteiger partial charge on any atom is -0.516 e. The standard InChI is InChI=1S/C17H19F6NO4Si/c1-15(2,3)29(4,5)28-12(25)10-6-8-11(9-7-10)24(13(26)16(18,19)20)14(27)17(21,22)23/h6-9H,1-5H3. The third kappa shape index (κ3) is 5.81. The molecule has 1 aromatic rings. The van der Waals surface area contributed by atoms with Crippen LogP contribution in [0.25, 0.3) is 0 Å². The molecule has 0 unspecified atom stereocenters. The number of amides is 2. The number of rotatable bonds is 3. The van der Waals surface area contributed by atoms with E-state index in [1.807, 2.05) is 20.8 Å². The largest absolute Gasteiger partial charge is 0.516 e. The molecule has 5 nitrogen and oxygen atoms in total. The lowest BCUT2D eigenvalue weighted by molar-refractivity contribution is -0.181. The second-order valence-electron chi connectivity index (χ2n) is 7.64. The molecule has 0 N–H and O–H groups in total. The molecule has 0 fully saturated rings. The Hall–Kier alpha value is -2.37. The first-order valence-corrected chi connectivity index (χ1v) is 11.1. The van der Waals surface area contributed by atoms with Gasteiger partial charge in [0, 0.05) is 0 Å². The van der Waals surface area contributed by atoms with Crippen molar-refractivity contribution in [2.75, 3.05) is 4.90 Å². The minimum absolute atomic E-state index is 0.155. The Balaban J connectivity index is 3.26. The van der Waals surface area contributed by atoms with Crippen LogP contribution in [-0.2, 0) is 14.0 Å². The summed E-state index contributed by atoms with van der Waals surface area (Å²) < 4.78 is 81.4. The van der Waals surface area contributed by atoms with Crippen molar-refractivity contribution in [3.63, 3.8) is 0 Å². The van der Waals surface area contributed by atoms with Gasteiger partial charge in [0.05, 0.1) is 11.3 Å². The van der Waals surface area contributed by atoms with E-state index in [-0.39, 0.29) is 10.6 Å². The first-order chi connectivity index (χ1) is 12.8. The molecule has 0 aromatic heterocycles. The van der Waals surface area contributed by atoms with E-state index in [1.54, 1.807) is 13.1 Å². The predicted octanol–water partition coefficient (Wildman–Crippen LogP) is 4.83. The summed E-state index contributed by atoms with van der Waals surface area (Å²) in [7, 11) is -2.54. The molecule has 0 atom stereocenters. The van der Waals surface area contributed by atoms with Crippen LogP contribution in [0.4, 0.5) is 32.0 Å². The zero-order chi connectivity index (χ0) is 23.0. The summed E-state index contributed by atoms with van der Waals surface area (Å²) in [6.07, 6.45) is -11.4. The minimum atomic E-state index is -5.72. The molecule has 2 amide bonds. The van der Waals surface area contributed by atoms with E-state index in [2.05, 4.69) is 0 Å². The van der Waals surface area contributed by atoms with Gasteiger partial charge in [-0.1, -0.05) is 20.8 Å². The van der Waals surface area contributed by atoms with Crippen LogP contribution in [0, 0.1) is 0 Å². The zero-order valence-corrected chi connectivity index (χ0v) is 17.2. The lowest BCUT2D eigenvalue weighted by atomic mass is 10.2. The number of hydrogen-bond donors (Lipinski definition) is 0. The smallest absolute Gasteiger partial charge is 0.472 e. The van der Waals surface area contributed by atoms with Crippen LogP contribution in [0.2, 0.25) is 18.1 Å². The van der Waals surface area contributed by atoms with E-state index in [0.717, 1.165) is 12.1 Å². The Morgan fingerprint density at radius 2 is 1.21 bits per heavy atom. The monoisotopic (exact) mass is 443 g/mol. The summed E-state index contributed by atoms with van der Waals surface area (Å²) >= 11 is 0. The Morgan fingerprint density at radius 1 is 0.828 bits per heavy atom. The Labute approximate surface area is 163 Å². The maximum Gasteiger partial charge on any atom is 0.472 e. The summed E-state index contributed by atoms with van der Waals surface area (Å²) in [6.45, 7) is 9.12. The van der Waals surface area contributed by atoms with Crippen molar-refractivity contribution < 1.29 is 45.2 Å². The van der Waals surface area contributed by atoms with E-state index in [9.17, 15) is 40.7 Å². The van der Waals surface area contributed by atoms with Gasteiger partial charge in [-0.05, 0) is 42.4 Å². The van der Waals surface area contributed by atoms with Gasteiger partial charge >= 0.3 is 30.1 Å². The van der Waals surface area contributed by atoms with Crippen molar-refractivity contribution in [1.82, 2.24) is 0 Å². The maximum atomic E-state index is 12.7. The molecule has 0 radical (unpaired) electrons. The maximum absolute atomic E-state index is 12.7. The van der Waals surface area contributed by atoms with Crippen LogP contribution in [0.5, 0.6) is 0 Å². The van der Waals surface area contributed by atoms with E-state index in [0.29, 0.717) is 12.1 Å². The molecule has 0 aliphatic rings. The molecule has 162 valence electrons. The topological polar surface area (TPSA) is 63.7 Å². The Kier molecular flexibility index (Phi) is 6.64. The number of alkyl halides is 6. The Bertz CT molecular complexity index is 768. The van der Waals surface area contributed by atoms with Crippen LogP contribution >= 0.6 is 0 Å². The van der Waals surface area contributed by atoms with Gasteiger partial charge in [-0.2, -0.15) is 26.3 Å². The molecule has 0 aliphatic carbocycles. The van der Waals surface area contributed by atoms with E-state index in [1.165, 1.54) is 0 Å². The lowest BCUT2D eigenvalue weighted by Crippen LogP contribution is -2.50. The molecular weight excluding hydrogens is 424 g/mol. The van der Waals surface area contributed by atoms with Gasteiger partial charge in [-0.3, -0.25) is 9.59 Å². The molecule has 0 saturated carbocycles. The van der Waals surface area contributed by atoms with Crippen molar-refractivity contribution in [1.29, 1.82) is 0 Å². The molecule has 12 heteroatoms. The van der Waals surface area contributed by atoms with Gasteiger partial charge in [0.25, 0.3) is 8.32 Å². The predicted molar refractivity (Wildman–Crippen MR) is 93.7 cm³/mol. The number of hydrogen-bond acceptors (Lipinski definition) is 4. The average molecular weight is 443 g/mol. The molecule has 0 aliphatic heterocycles. The van der Waals surface area contributed by atoms with Gasteiger partial charge in [-0.15, -0.1) is 0 Å². The molecule has 0 bridgehead atoms. The average Bonchev–Trinajstić information content (AvgIpc) is 2.52. The normalized spacial score (nSPS) is 13.1. The van der Waals surface area contributed by atoms with Crippen molar-refractivity contribution >= 4 is 31.8 Å². The first-order valence-electron chi connectivity index (χ1n) is 8.15. The highest BCUT2D eigenvalue weighted by Gasteiger charge is 2.52. The fraction of sp³-hybridized carbons (Fsp3) is 0.471. The molecule has 0 heterocycles. The summed E-state index contributed by atoms with van der Waals surface area (Å²) in [5.74, 6) is -6.83. The highest BCUT2D eigenvalue weighted by atomic mass is 28.4. The molecule has 1 rings (SSSR count). The molecule has 29 heavy (non-hydrogen) atoms. The Morgan fingerprint density at radius 3 is 1.52 bits per heavy atom. The lowest BCUT2D eigenvalue weighted by Gasteiger charge is -2.35. The molecule has 1 aromatic carbocycles. The summed E-state index contributed by atoms with van der Waals surface area (Å²) in [5.41, 5.74) is -1.14. The SMILES string of the molecule is CC(C)(C)[Si](C)(C)OC(=O)c1ccc(N(C(=O)C(F)(F)F)C(=O)C(F)(F)F)cc1. The fourth-order valence-electron chi connectivity index (χ4n) is 1.77. The van der Waals surface area contributed by atoms with Gasteiger partial charge in [0.1, 0.15) is 0 Å². The van der Waals surface area contributed by atoms with Gasteiger partial charge in [0.15, 0.2) is 0 Å². The number of imide groups is 1. The van der Waals surface area contributed by atoms with E-state index in [4.69, 9.17) is 4.43 Å². The van der Waals surface area contributed by atoms with Crippen LogP contribution in [0.3, 0.4) is 0 Å². The third-order valence-electron chi connectivity index (χ3n) is 4.41. The zero-order valence-electron chi connectivity index (χ0n) is 16.2. The van der Waals surface area contributed by atoms with Crippen LogP contribution in [-0.4, -0.2) is 38.5 Å². The fourth-order valence-corrected chi connectivity index (χ4v) is 2.66. The van der Waals surface area contributed by atoms with Crippen molar-refractivity contribution in [2.45, 2.75) is 51.3 Å². The first kappa shape index (κ1) is 24.7. The number of halogens is 6. The van der Waals surface area contributed by atoms with Gasteiger partial charge in [-0.25, -0.2) is 9.69 Å². The van der Waals surface area contributed by atoms with Crippen molar-refractivity contribution in [2.24, 2.45) is 0 Å². The number of carbonyl (C=O) groups excluding carboxylic acids is 3. The summed E-state index contributed by atoms with van der Waals surface area (Å²) in [5, 5.41) is -0.336. The quantitative estimate of drug-likeness (QED) is 0.496. The van der Waals surface area contributed by atoms with E-state index >= 15 is 0 Å². The summed E-state index contributed by atoms with van der Waals surface area (Å²) in [4.78, 5) is 34.0. The van der Waals surface area contributed by atoms with Crippen LogP contribution < -0.4 is 4.90 Å². The van der Waals surface area contributed by atoms with Crippen molar-refractivity contribution in [3.8, 4) is 0 Å². The second-order valence-corrected chi connectivity index (χ2v) is 12.4. The molecule has 0 saturated heterocycles.